The number of nitrogens with zero attached hydrogens (tertiary/aromatic N) is 4. The third kappa shape index (κ3) is 9.80. The van der Waals surface area contributed by atoms with Gasteiger partial charge in [0.1, 0.15) is 70.6 Å². The van der Waals surface area contributed by atoms with E-state index < -0.39 is 6.98 Å². The van der Waals surface area contributed by atoms with Crippen LogP contribution in [0.1, 0.15) is 126 Å². The number of hydrogen-bond donors (Lipinski definition) is 0. The quantitative estimate of drug-likeness (QED) is 0.0899. The van der Waals surface area contributed by atoms with E-state index in [1.165, 1.54) is 33.4 Å². The Bertz CT molecular complexity index is 4480. The maximum atomic E-state index is 7.38. The normalized spacial score (nSPS) is 15.2. The highest BCUT2D eigenvalue weighted by molar-refractivity contribution is 7.00. The molecule has 3 heterocycles. The summed E-state index contributed by atoms with van der Waals surface area (Å²) in [6, 6.07) is 41.2. The molecule has 4 aliphatic rings. The molecule has 8 aromatic rings. The van der Waals surface area contributed by atoms with Crippen LogP contribution in [0.3, 0.4) is 0 Å². The Morgan fingerprint density at radius 2 is 1.03 bits per heavy atom. The number of fused-ring (bicyclic) bond motifs is 8. The van der Waals surface area contributed by atoms with E-state index in [0.29, 0.717) is 5.69 Å². The lowest BCUT2D eigenvalue weighted by Gasteiger charge is -2.46. The van der Waals surface area contributed by atoms with E-state index in [1.54, 1.807) is 0 Å². The summed E-state index contributed by atoms with van der Waals surface area (Å²) in [5.74, 6) is 2.45. The summed E-state index contributed by atoms with van der Waals surface area (Å²) in [7, 11) is 62.7. The van der Waals surface area contributed by atoms with E-state index in [2.05, 4.69) is 238 Å². The van der Waals surface area contributed by atoms with Crippen molar-refractivity contribution in [3.05, 3.63) is 186 Å². The van der Waals surface area contributed by atoms with Crippen molar-refractivity contribution in [2.45, 2.75) is 126 Å². The van der Waals surface area contributed by atoms with E-state index in [4.69, 9.17) is 88.6 Å². The predicted molar refractivity (Wildman–Crippen MR) is 399 cm³/mol. The minimum Gasteiger partial charge on any atom is -0.387 e. The molecular formula is C74H66B11ClN4. The summed E-state index contributed by atoms with van der Waals surface area (Å²) in [4.78, 5) is 9.39. The first-order valence-corrected chi connectivity index (χ1v) is 31.2. The molecule has 90 heavy (non-hydrogen) atoms. The molecule has 0 fully saturated rings. The Kier molecular flexibility index (Phi) is 15.3. The number of halogens is 1. The van der Waals surface area contributed by atoms with Crippen LogP contribution in [-0.2, 0) is 21.7 Å². The average molecular weight is 1170 g/mol. The molecule has 3 aliphatic heterocycles. The second-order valence-electron chi connectivity index (χ2n) is 29.0. The summed E-state index contributed by atoms with van der Waals surface area (Å²) >= 11 is 7.09. The summed E-state index contributed by atoms with van der Waals surface area (Å²) in [6.45, 7) is 32.4. The largest absolute Gasteiger partial charge is 0.416 e. The van der Waals surface area contributed by atoms with Gasteiger partial charge in [-0.3, -0.25) is 0 Å². The van der Waals surface area contributed by atoms with Gasteiger partial charge in [0.15, 0.2) is 0 Å². The van der Waals surface area contributed by atoms with E-state index in [-0.39, 0.29) is 84.1 Å². The van der Waals surface area contributed by atoms with Gasteiger partial charge in [0.05, 0.1) is 11.4 Å². The third-order valence-electron chi connectivity index (χ3n) is 19.6. The Labute approximate surface area is 553 Å². The Morgan fingerprint density at radius 3 is 1.61 bits per heavy atom. The van der Waals surface area contributed by atoms with Crippen molar-refractivity contribution >= 4 is 196 Å². The summed E-state index contributed by atoms with van der Waals surface area (Å²) in [5.41, 5.74) is 24.6. The van der Waals surface area contributed by atoms with Crippen LogP contribution < -0.4 is 68.6 Å². The molecule has 8 aromatic carbocycles. The van der Waals surface area contributed by atoms with Crippen LogP contribution in [0.4, 0.5) is 51.2 Å². The van der Waals surface area contributed by atoms with Gasteiger partial charge in [-0.2, -0.15) is 0 Å². The number of benzene rings is 8. The van der Waals surface area contributed by atoms with Gasteiger partial charge in [-0.1, -0.05) is 176 Å². The van der Waals surface area contributed by atoms with Crippen molar-refractivity contribution in [3.8, 4) is 23.5 Å². The highest BCUT2D eigenvalue weighted by Gasteiger charge is 2.51. The van der Waals surface area contributed by atoms with Gasteiger partial charge in [0, 0.05) is 56.8 Å². The van der Waals surface area contributed by atoms with Crippen LogP contribution >= 0.6 is 11.6 Å². The van der Waals surface area contributed by atoms with Crippen molar-refractivity contribution < 1.29 is 0 Å². The smallest absolute Gasteiger partial charge is 0.387 e. The zero-order chi connectivity index (χ0) is 65.2. The van der Waals surface area contributed by atoms with Gasteiger partial charge >= 0.3 is 6.98 Å². The summed E-state index contributed by atoms with van der Waals surface area (Å²) in [6.07, 6.45) is 5.85. The summed E-state index contributed by atoms with van der Waals surface area (Å²) < 4.78 is 0. The minimum absolute atomic E-state index is 0.00111. The lowest BCUT2D eigenvalue weighted by atomic mass is 9.33. The third-order valence-corrected chi connectivity index (χ3v) is 20.2. The van der Waals surface area contributed by atoms with Crippen LogP contribution in [0.5, 0.6) is 0 Å². The van der Waals surface area contributed by atoms with Crippen molar-refractivity contribution in [1.29, 1.82) is 0 Å². The zero-order valence-electron chi connectivity index (χ0n) is 54.7. The fourth-order valence-corrected chi connectivity index (χ4v) is 14.6. The molecule has 0 N–H and O–H groups in total. The molecule has 0 atom stereocenters. The second-order valence-corrected chi connectivity index (χ2v) is 29.4. The first-order valence-electron chi connectivity index (χ1n) is 30.9. The van der Waals surface area contributed by atoms with Crippen LogP contribution in [-0.4, -0.2) is 90.9 Å². The van der Waals surface area contributed by atoms with Crippen LogP contribution in [0.2, 0.25) is 5.02 Å². The lowest BCUT2D eigenvalue weighted by molar-refractivity contribution is 0.589. The van der Waals surface area contributed by atoms with Crippen LogP contribution in [0.15, 0.2) is 131 Å². The molecule has 0 bridgehead atoms. The molecule has 0 saturated carbocycles. The fraction of sp³-hybridized carbons (Fsp3) is 0.270. The number of aryl methyl sites for hydroxylation is 4. The van der Waals surface area contributed by atoms with Crippen molar-refractivity contribution in [2.75, 3.05) is 26.0 Å². The van der Waals surface area contributed by atoms with Crippen LogP contribution in [0, 0.1) is 40.0 Å². The van der Waals surface area contributed by atoms with Gasteiger partial charge in [-0.05, 0) is 170 Å². The molecule has 0 saturated heterocycles. The minimum atomic E-state index is -0.746. The molecule has 0 aromatic heterocycles. The highest BCUT2D eigenvalue weighted by Crippen LogP contribution is 2.54. The SMILES string of the molecule is [B]/C(C#C)=C([B])/C([B])=C(/[B])CN1B(c2c(C)cc(C(C)(C)C)cc2C)N(c2c([B])c([B])c([B])c([B])c2[B])c2cc3c(cc21)N(c1ccc2c(c1)C(C)(C)c1ccccc1-2)c1cc(C(C)(C)C)cc2c1B3c1ccc(C(C)(C)C)cc1N2c1cc(C)c(Cl)c(C)c1. The molecule has 0 unspecified atom stereocenters. The average Bonchev–Trinajstić information content (AvgIpc) is 2.09. The lowest BCUT2D eigenvalue weighted by Crippen LogP contribution is -2.62. The standard InChI is InChI=1S/C74H66B11ClN4/c1-17-50(75)60(77)61(78)51(76)36-87-56-35-55-53(34-57(56)90(70-65(82)63(80)62(79)64(81)66(70)83)85(87)67-37(2)26-42(27-38(67)3)72(9,10)11)84-52-25-22-41(71(6,7)8)30-54(52)89(45-28-39(4)69(86)40(5)29-45)59-32-43(73(12,13)14)31-58(68(59)84)88(55)44-23-24-47-46-20-18-19-21-48(46)74(15,16)49(47)33-44/h1,18-35H,36H2,2-16H3/b60-50-,61-51-. The van der Waals surface area contributed by atoms with Gasteiger partial charge < -0.3 is 19.4 Å². The van der Waals surface area contributed by atoms with Crippen molar-refractivity contribution in [2.24, 2.45) is 0 Å². The number of rotatable bonds is 7. The fourth-order valence-electron chi connectivity index (χ4n) is 14.5. The van der Waals surface area contributed by atoms with E-state index in [1.807, 2.05) is 0 Å². The maximum Gasteiger partial charge on any atom is 0.416 e. The van der Waals surface area contributed by atoms with Crippen molar-refractivity contribution in [3.63, 3.8) is 0 Å². The van der Waals surface area contributed by atoms with E-state index in [9.17, 15) is 0 Å². The topological polar surface area (TPSA) is 13.0 Å². The summed E-state index contributed by atoms with van der Waals surface area (Å²) in [5, 5.41) is 0.744. The monoisotopic (exact) mass is 1170 g/mol. The molecule has 422 valence electrons. The highest BCUT2D eigenvalue weighted by atomic mass is 35.5. The molecule has 12 rings (SSSR count). The van der Waals surface area contributed by atoms with Gasteiger partial charge in [-0.25, -0.2) is 0 Å². The van der Waals surface area contributed by atoms with Gasteiger partial charge in [-0.15, -0.1) is 39.2 Å². The number of allylic oxidation sites excluding steroid dienone is 3. The first-order chi connectivity index (χ1) is 42.1. The number of hydrogen-bond acceptors (Lipinski definition) is 4. The molecule has 18 radical (unpaired) electrons. The molecule has 1 aliphatic carbocycles. The van der Waals surface area contributed by atoms with Crippen LogP contribution in [0.25, 0.3) is 11.1 Å². The predicted octanol–water partition coefficient (Wildman–Crippen LogP) is 8.91. The first kappa shape index (κ1) is 63.2. The number of terminal acetylenes is 1. The second kappa shape index (κ2) is 21.8. The molecule has 16 heteroatoms. The van der Waals surface area contributed by atoms with Gasteiger partial charge in [0.2, 0.25) is 0 Å². The molecular weight excluding hydrogens is 1100 g/mol. The van der Waals surface area contributed by atoms with Crippen molar-refractivity contribution in [1.82, 2.24) is 0 Å². The zero-order valence-corrected chi connectivity index (χ0v) is 55.5. The number of anilines is 9. The molecule has 0 amide bonds. The molecule has 4 nitrogen and oxygen atoms in total. The Balaban J connectivity index is 1.27. The van der Waals surface area contributed by atoms with E-state index >= 15 is 0 Å². The van der Waals surface area contributed by atoms with Gasteiger partial charge in [0.25, 0.3) is 6.71 Å². The Hall–Kier alpha value is -7.00. The molecule has 0 spiro atoms. The van der Waals surface area contributed by atoms with E-state index in [0.717, 1.165) is 100 Å². The Morgan fingerprint density at radius 1 is 0.511 bits per heavy atom. The maximum absolute atomic E-state index is 7.38.